The summed E-state index contributed by atoms with van der Waals surface area (Å²) in [6, 6.07) is 11.9. The van der Waals surface area contributed by atoms with Crippen LogP contribution < -0.4 is 10.9 Å². The molecule has 0 fully saturated rings. The Hall–Kier alpha value is -3.22. The molecule has 2 heterocycles. The lowest BCUT2D eigenvalue weighted by Crippen LogP contribution is -2.33. The van der Waals surface area contributed by atoms with Gasteiger partial charge in [-0.3, -0.25) is 9.59 Å². The molecular weight excluding hydrogens is 306 g/mol. The molecule has 3 aromatic rings. The predicted molar refractivity (Wildman–Crippen MR) is 88.4 cm³/mol. The summed E-state index contributed by atoms with van der Waals surface area (Å²) in [4.78, 5) is 28.3. The van der Waals surface area contributed by atoms with Crippen molar-refractivity contribution in [2.45, 2.75) is 6.04 Å². The number of aryl methyl sites for hydroxylation is 2. The van der Waals surface area contributed by atoms with Crippen LogP contribution in [0.2, 0.25) is 0 Å². The van der Waals surface area contributed by atoms with E-state index in [2.05, 4.69) is 15.4 Å². The summed E-state index contributed by atoms with van der Waals surface area (Å²) in [5.74, 6) is 0.335. The summed E-state index contributed by atoms with van der Waals surface area (Å²) >= 11 is 0. The first-order chi connectivity index (χ1) is 11.6. The highest BCUT2D eigenvalue weighted by molar-refractivity contribution is 5.92. The monoisotopic (exact) mass is 323 g/mol. The zero-order valence-electron chi connectivity index (χ0n) is 13.4. The van der Waals surface area contributed by atoms with Crippen LogP contribution in [0.1, 0.15) is 27.9 Å². The van der Waals surface area contributed by atoms with Crippen molar-refractivity contribution >= 4 is 5.91 Å². The Bertz CT molecular complexity index is 914. The Kier molecular flexibility index (Phi) is 4.24. The van der Waals surface area contributed by atoms with Gasteiger partial charge < -0.3 is 9.88 Å². The highest BCUT2D eigenvalue weighted by atomic mass is 16.2. The maximum atomic E-state index is 12.6. The molecule has 0 saturated heterocycles. The van der Waals surface area contributed by atoms with Crippen LogP contribution in [0, 0.1) is 0 Å². The topological polar surface area (TPSA) is 81.8 Å². The van der Waals surface area contributed by atoms with E-state index < -0.39 is 6.04 Å². The highest BCUT2D eigenvalue weighted by Gasteiger charge is 2.22. The van der Waals surface area contributed by atoms with Crippen molar-refractivity contribution in [1.29, 1.82) is 0 Å². The number of rotatable bonds is 4. The molecule has 122 valence electrons. The molecule has 0 radical (unpaired) electrons. The number of nitrogens with one attached hydrogen (secondary N) is 1. The molecular formula is C17H17N5O2. The van der Waals surface area contributed by atoms with Gasteiger partial charge in [-0.25, -0.2) is 9.67 Å². The molecule has 0 spiro atoms. The normalized spacial score (nSPS) is 11.9. The minimum absolute atomic E-state index is 0.173. The SMILES string of the molecule is Cn1ccnc1[C@H](NC(=O)c1ccc(=O)n(C)n1)c1ccccc1. The zero-order valence-corrected chi connectivity index (χ0v) is 13.4. The van der Waals surface area contributed by atoms with E-state index in [0.717, 1.165) is 10.2 Å². The van der Waals surface area contributed by atoms with E-state index in [1.54, 1.807) is 6.20 Å². The van der Waals surface area contributed by atoms with Crippen molar-refractivity contribution in [3.63, 3.8) is 0 Å². The van der Waals surface area contributed by atoms with Crippen LogP contribution in [-0.4, -0.2) is 25.2 Å². The number of carbonyl (C=O) groups excluding carboxylic acids is 1. The molecule has 1 N–H and O–H groups in total. The third kappa shape index (κ3) is 3.10. The molecule has 7 nitrogen and oxygen atoms in total. The Balaban J connectivity index is 1.95. The van der Waals surface area contributed by atoms with Crippen LogP contribution in [-0.2, 0) is 14.1 Å². The van der Waals surface area contributed by atoms with Crippen molar-refractivity contribution in [1.82, 2.24) is 24.6 Å². The van der Waals surface area contributed by atoms with Crippen molar-refractivity contribution in [2.75, 3.05) is 0 Å². The molecule has 3 rings (SSSR count). The molecule has 0 saturated carbocycles. The summed E-state index contributed by atoms with van der Waals surface area (Å²) in [5.41, 5.74) is 0.812. The largest absolute Gasteiger partial charge is 0.337 e. The minimum Gasteiger partial charge on any atom is -0.337 e. The van der Waals surface area contributed by atoms with Crippen LogP contribution >= 0.6 is 0 Å². The van der Waals surface area contributed by atoms with Crippen LogP contribution in [0.4, 0.5) is 0 Å². The molecule has 2 aromatic heterocycles. The summed E-state index contributed by atoms with van der Waals surface area (Å²) in [6.07, 6.45) is 3.50. The first-order valence-corrected chi connectivity index (χ1v) is 7.43. The van der Waals surface area contributed by atoms with E-state index in [1.165, 1.54) is 19.2 Å². The molecule has 0 aliphatic heterocycles. The number of benzene rings is 1. The number of imidazole rings is 1. The summed E-state index contributed by atoms with van der Waals surface area (Å²) in [6.45, 7) is 0. The van der Waals surface area contributed by atoms with Crippen LogP contribution in [0.5, 0.6) is 0 Å². The van der Waals surface area contributed by atoms with Gasteiger partial charge in [0.25, 0.3) is 11.5 Å². The van der Waals surface area contributed by atoms with E-state index in [4.69, 9.17) is 0 Å². The first kappa shape index (κ1) is 15.7. The Morgan fingerprint density at radius 1 is 1.12 bits per heavy atom. The van der Waals surface area contributed by atoms with Crippen LogP contribution in [0.25, 0.3) is 0 Å². The number of amides is 1. The second-order valence-corrected chi connectivity index (χ2v) is 5.39. The molecule has 0 aliphatic carbocycles. The molecule has 0 unspecified atom stereocenters. The maximum Gasteiger partial charge on any atom is 0.272 e. The van der Waals surface area contributed by atoms with E-state index in [0.29, 0.717) is 5.82 Å². The molecule has 0 aliphatic rings. The average Bonchev–Trinajstić information content (AvgIpc) is 3.01. The Labute approximate surface area is 138 Å². The van der Waals surface area contributed by atoms with Gasteiger partial charge in [0, 0.05) is 32.6 Å². The highest BCUT2D eigenvalue weighted by Crippen LogP contribution is 2.20. The van der Waals surface area contributed by atoms with Gasteiger partial charge in [0.2, 0.25) is 0 Å². The predicted octanol–water partition coefficient (Wildman–Crippen LogP) is 1.03. The van der Waals surface area contributed by atoms with Gasteiger partial charge in [-0.05, 0) is 11.6 Å². The first-order valence-electron chi connectivity index (χ1n) is 7.43. The van der Waals surface area contributed by atoms with E-state index in [-0.39, 0.29) is 17.2 Å². The molecule has 1 atom stereocenters. The number of nitrogens with zero attached hydrogens (tertiary/aromatic N) is 4. The van der Waals surface area contributed by atoms with Gasteiger partial charge in [0.1, 0.15) is 17.6 Å². The summed E-state index contributed by atoms with van der Waals surface area (Å²) < 4.78 is 2.99. The smallest absolute Gasteiger partial charge is 0.272 e. The molecule has 1 amide bonds. The number of hydrogen-bond donors (Lipinski definition) is 1. The fourth-order valence-electron chi connectivity index (χ4n) is 2.43. The average molecular weight is 323 g/mol. The minimum atomic E-state index is -0.419. The van der Waals surface area contributed by atoms with Gasteiger partial charge in [-0.15, -0.1) is 0 Å². The van der Waals surface area contributed by atoms with Gasteiger partial charge in [-0.2, -0.15) is 5.10 Å². The molecule has 24 heavy (non-hydrogen) atoms. The number of aromatic nitrogens is 4. The second kappa shape index (κ2) is 6.49. The fourth-order valence-corrected chi connectivity index (χ4v) is 2.43. The lowest BCUT2D eigenvalue weighted by molar-refractivity contribution is 0.0934. The van der Waals surface area contributed by atoms with E-state index in [1.807, 2.05) is 48.1 Å². The molecule has 0 bridgehead atoms. The van der Waals surface area contributed by atoms with Crippen LogP contribution in [0.3, 0.4) is 0 Å². The summed E-state index contributed by atoms with van der Waals surface area (Å²) in [7, 11) is 3.38. The van der Waals surface area contributed by atoms with Crippen molar-refractivity contribution in [3.8, 4) is 0 Å². The van der Waals surface area contributed by atoms with Crippen molar-refractivity contribution in [3.05, 3.63) is 82.3 Å². The zero-order chi connectivity index (χ0) is 17.1. The van der Waals surface area contributed by atoms with Crippen LogP contribution in [0.15, 0.2) is 59.7 Å². The maximum absolute atomic E-state index is 12.6. The molecule has 1 aromatic carbocycles. The molecule has 7 heteroatoms. The van der Waals surface area contributed by atoms with Gasteiger partial charge >= 0.3 is 0 Å². The van der Waals surface area contributed by atoms with Crippen molar-refractivity contribution in [2.24, 2.45) is 14.1 Å². The lowest BCUT2D eigenvalue weighted by Gasteiger charge is -2.19. The van der Waals surface area contributed by atoms with Gasteiger partial charge in [0.05, 0.1) is 0 Å². The number of carbonyl (C=O) groups is 1. The second-order valence-electron chi connectivity index (χ2n) is 5.39. The fraction of sp³-hybridized carbons (Fsp3) is 0.176. The Morgan fingerprint density at radius 3 is 2.50 bits per heavy atom. The summed E-state index contributed by atoms with van der Waals surface area (Å²) in [5, 5.41) is 6.93. The number of hydrogen-bond acceptors (Lipinski definition) is 4. The van der Waals surface area contributed by atoms with E-state index in [9.17, 15) is 9.59 Å². The lowest BCUT2D eigenvalue weighted by atomic mass is 10.1. The Morgan fingerprint density at radius 2 is 1.88 bits per heavy atom. The van der Waals surface area contributed by atoms with Gasteiger partial charge in [0.15, 0.2) is 0 Å². The van der Waals surface area contributed by atoms with E-state index >= 15 is 0 Å². The van der Waals surface area contributed by atoms with Crippen molar-refractivity contribution < 1.29 is 4.79 Å². The quantitative estimate of drug-likeness (QED) is 0.777. The van der Waals surface area contributed by atoms with Gasteiger partial charge in [-0.1, -0.05) is 30.3 Å². The third-order valence-electron chi connectivity index (χ3n) is 3.72. The third-order valence-corrected chi connectivity index (χ3v) is 3.72. The standard InChI is InChI=1S/C17H17N5O2/c1-21-11-10-18-16(21)15(12-6-4-3-5-7-12)19-17(24)13-8-9-14(23)22(2)20-13/h3-11,15H,1-2H3,(H,19,24)/t15-/m1/s1.